The van der Waals surface area contributed by atoms with Gasteiger partial charge in [0.1, 0.15) is 5.52 Å². The van der Waals surface area contributed by atoms with Crippen molar-refractivity contribution < 1.29 is 14.6 Å². The lowest BCUT2D eigenvalue weighted by molar-refractivity contribution is 0.0603. The monoisotopic (exact) mass is 209 g/mol. The molecular weight excluding hydrogens is 202 g/mol. The molecule has 14 heavy (non-hydrogen) atoms. The van der Waals surface area contributed by atoms with E-state index in [0.717, 1.165) is 4.70 Å². The fourth-order valence-corrected chi connectivity index (χ4v) is 2.12. The quantitative estimate of drug-likeness (QED) is 0.727. The Hall–Kier alpha value is -1.62. The molecular formula is C9H7NO3S. The second-order valence-corrected chi connectivity index (χ2v) is 3.67. The predicted molar refractivity (Wildman–Crippen MR) is 52.6 cm³/mol. The summed E-state index contributed by atoms with van der Waals surface area (Å²) in [4.78, 5) is 15.4. The van der Waals surface area contributed by atoms with E-state index in [4.69, 9.17) is 0 Å². The largest absolute Gasteiger partial charge is 0.504 e. The Labute approximate surface area is 83.8 Å². The van der Waals surface area contributed by atoms with Gasteiger partial charge in [-0.2, -0.15) is 0 Å². The van der Waals surface area contributed by atoms with Gasteiger partial charge in [-0.1, -0.05) is 0 Å². The van der Waals surface area contributed by atoms with Crippen LogP contribution in [0.15, 0.2) is 18.3 Å². The summed E-state index contributed by atoms with van der Waals surface area (Å²) in [5, 5.41) is 9.64. The lowest BCUT2D eigenvalue weighted by Gasteiger charge is -1.93. The fraction of sp³-hybridized carbons (Fsp3) is 0.111. The number of hydrogen-bond donors (Lipinski definition) is 1. The standard InChI is InChI=1S/C9H7NO3S/c1-13-9(12)8-7(11)6-5(14-8)3-2-4-10-6/h2-4,11H,1H3. The molecule has 2 rings (SSSR count). The van der Waals surface area contributed by atoms with Crippen LogP contribution in [0.3, 0.4) is 0 Å². The smallest absolute Gasteiger partial charge is 0.351 e. The number of aromatic hydroxyl groups is 1. The molecule has 0 amide bonds. The van der Waals surface area contributed by atoms with Gasteiger partial charge in [-0.25, -0.2) is 4.79 Å². The van der Waals surface area contributed by atoms with E-state index < -0.39 is 5.97 Å². The maximum absolute atomic E-state index is 11.2. The van der Waals surface area contributed by atoms with Crippen LogP contribution >= 0.6 is 11.3 Å². The van der Waals surface area contributed by atoms with Gasteiger partial charge in [-0.05, 0) is 12.1 Å². The van der Waals surface area contributed by atoms with E-state index >= 15 is 0 Å². The van der Waals surface area contributed by atoms with E-state index in [-0.39, 0.29) is 10.6 Å². The Kier molecular flexibility index (Phi) is 2.09. The Balaban J connectivity index is 2.68. The number of carbonyl (C=O) groups is 1. The third-order valence-corrected chi connectivity index (χ3v) is 2.91. The molecule has 0 fully saturated rings. The van der Waals surface area contributed by atoms with E-state index in [1.165, 1.54) is 18.4 Å². The first kappa shape index (κ1) is 8.96. The van der Waals surface area contributed by atoms with E-state index in [9.17, 15) is 9.90 Å². The van der Waals surface area contributed by atoms with Crippen molar-refractivity contribution in [3.63, 3.8) is 0 Å². The highest BCUT2D eigenvalue weighted by Gasteiger charge is 2.18. The molecule has 0 aliphatic carbocycles. The summed E-state index contributed by atoms with van der Waals surface area (Å²) in [6.07, 6.45) is 1.57. The molecule has 0 saturated carbocycles. The van der Waals surface area contributed by atoms with Crippen LogP contribution in [0.2, 0.25) is 0 Å². The number of aromatic nitrogens is 1. The summed E-state index contributed by atoms with van der Waals surface area (Å²) >= 11 is 1.17. The van der Waals surface area contributed by atoms with Crippen molar-refractivity contribution >= 4 is 27.5 Å². The van der Waals surface area contributed by atoms with Gasteiger partial charge in [0.15, 0.2) is 10.6 Å². The highest BCUT2D eigenvalue weighted by molar-refractivity contribution is 7.21. The van der Waals surface area contributed by atoms with Crippen LogP contribution in [-0.4, -0.2) is 23.2 Å². The fourth-order valence-electron chi connectivity index (χ4n) is 1.15. The first-order valence-corrected chi connectivity index (χ1v) is 4.70. The second-order valence-electron chi connectivity index (χ2n) is 2.62. The van der Waals surface area contributed by atoms with Crippen molar-refractivity contribution in [2.24, 2.45) is 0 Å². The summed E-state index contributed by atoms with van der Waals surface area (Å²) in [5.41, 5.74) is 0.443. The van der Waals surface area contributed by atoms with Crippen LogP contribution in [0.5, 0.6) is 5.75 Å². The maximum atomic E-state index is 11.2. The summed E-state index contributed by atoms with van der Waals surface area (Å²) in [6, 6.07) is 3.54. The number of carbonyl (C=O) groups excluding carboxylic acids is 1. The highest BCUT2D eigenvalue weighted by atomic mass is 32.1. The minimum atomic E-state index is -0.537. The lowest BCUT2D eigenvalue weighted by atomic mass is 10.3. The molecule has 0 radical (unpaired) electrons. The number of fused-ring (bicyclic) bond motifs is 1. The Morgan fingerprint density at radius 1 is 1.64 bits per heavy atom. The minimum absolute atomic E-state index is 0.0996. The minimum Gasteiger partial charge on any atom is -0.504 e. The number of methoxy groups -OCH3 is 1. The van der Waals surface area contributed by atoms with Crippen LogP contribution < -0.4 is 0 Å². The average molecular weight is 209 g/mol. The predicted octanol–water partition coefficient (Wildman–Crippen LogP) is 1.79. The zero-order valence-corrected chi connectivity index (χ0v) is 8.17. The van der Waals surface area contributed by atoms with Gasteiger partial charge in [-0.15, -0.1) is 11.3 Å². The van der Waals surface area contributed by atoms with Crippen molar-refractivity contribution in [3.8, 4) is 5.75 Å². The Bertz CT molecular complexity index is 492. The molecule has 0 aliphatic heterocycles. The van der Waals surface area contributed by atoms with Crippen molar-refractivity contribution in [2.75, 3.05) is 7.11 Å². The first-order valence-electron chi connectivity index (χ1n) is 3.89. The van der Waals surface area contributed by atoms with Crippen LogP contribution in [0.1, 0.15) is 9.67 Å². The number of pyridine rings is 1. The molecule has 0 aliphatic rings. The molecule has 2 aromatic heterocycles. The normalized spacial score (nSPS) is 10.4. The zero-order valence-electron chi connectivity index (χ0n) is 7.35. The molecule has 0 bridgehead atoms. The molecule has 4 nitrogen and oxygen atoms in total. The Morgan fingerprint density at radius 3 is 3.07 bits per heavy atom. The molecule has 1 N–H and O–H groups in total. The van der Waals surface area contributed by atoms with Crippen LogP contribution in [0.25, 0.3) is 10.2 Å². The molecule has 2 heterocycles. The lowest BCUT2D eigenvalue weighted by Crippen LogP contribution is -1.97. The number of thiophene rings is 1. The zero-order chi connectivity index (χ0) is 10.1. The molecule has 0 atom stereocenters. The van der Waals surface area contributed by atoms with Crippen molar-refractivity contribution in [1.29, 1.82) is 0 Å². The number of ether oxygens (including phenoxy) is 1. The van der Waals surface area contributed by atoms with E-state index in [1.807, 2.05) is 0 Å². The molecule has 0 spiro atoms. The number of esters is 1. The van der Waals surface area contributed by atoms with Gasteiger partial charge in [0, 0.05) is 6.20 Å². The van der Waals surface area contributed by atoms with E-state index in [1.54, 1.807) is 18.3 Å². The Morgan fingerprint density at radius 2 is 2.43 bits per heavy atom. The molecule has 2 aromatic rings. The SMILES string of the molecule is COC(=O)c1sc2cccnc2c1O. The highest BCUT2D eigenvalue weighted by Crippen LogP contribution is 2.35. The van der Waals surface area contributed by atoms with Crippen molar-refractivity contribution in [1.82, 2.24) is 4.98 Å². The van der Waals surface area contributed by atoms with Crippen molar-refractivity contribution in [3.05, 3.63) is 23.2 Å². The third-order valence-electron chi connectivity index (χ3n) is 1.79. The first-order chi connectivity index (χ1) is 6.74. The average Bonchev–Trinajstić information content (AvgIpc) is 2.56. The third kappa shape index (κ3) is 1.22. The molecule has 0 aromatic carbocycles. The van der Waals surface area contributed by atoms with E-state index in [2.05, 4.69) is 9.72 Å². The van der Waals surface area contributed by atoms with E-state index in [0.29, 0.717) is 5.52 Å². The summed E-state index contributed by atoms with van der Waals surface area (Å²) in [7, 11) is 1.28. The van der Waals surface area contributed by atoms with Gasteiger partial charge in [0.25, 0.3) is 0 Å². The number of hydrogen-bond acceptors (Lipinski definition) is 5. The topological polar surface area (TPSA) is 59.4 Å². The summed E-state index contributed by atoms with van der Waals surface area (Å²) in [5.74, 6) is -0.636. The van der Waals surface area contributed by atoms with Gasteiger partial charge in [0.2, 0.25) is 0 Å². The molecule has 5 heteroatoms. The van der Waals surface area contributed by atoms with Crippen LogP contribution in [-0.2, 0) is 4.74 Å². The van der Waals surface area contributed by atoms with Crippen LogP contribution in [0, 0.1) is 0 Å². The second kappa shape index (κ2) is 3.26. The van der Waals surface area contributed by atoms with Gasteiger partial charge in [-0.3, -0.25) is 4.98 Å². The molecule has 72 valence electrons. The molecule has 0 saturated heterocycles. The molecule has 0 unspecified atom stereocenters. The number of nitrogens with zero attached hydrogens (tertiary/aromatic N) is 1. The van der Waals surface area contributed by atoms with Crippen molar-refractivity contribution in [2.45, 2.75) is 0 Å². The summed E-state index contributed by atoms with van der Waals surface area (Å²) < 4.78 is 5.30. The van der Waals surface area contributed by atoms with Gasteiger partial charge < -0.3 is 9.84 Å². The van der Waals surface area contributed by atoms with Gasteiger partial charge in [0.05, 0.1) is 11.8 Å². The van der Waals surface area contributed by atoms with Gasteiger partial charge >= 0.3 is 5.97 Å². The maximum Gasteiger partial charge on any atom is 0.351 e. The summed E-state index contributed by atoms with van der Waals surface area (Å²) in [6.45, 7) is 0. The number of rotatable bonds is 1. The van der Waals surface area contributed by atoms with Crippen LogP contribution in [0.4, 0.5) is 0 Å².